The van der Waals surface area contributed by atoms with E-state index in [2.05, 4.69) is 0 Å². The Morgan fingerprint density at radius 2 is 1.46 bits per heavy atom. The summed E-state index contributed by atoms with van der Waals surface area (Å²) in [5.74, 6) is -0.313. The van der Waals surface area contributed by atoms with E-state index in [4.69, 9.17) is 14.6 Å². The standard InChI is InChI=1S/C32H30F9NO5S/c1-18(29(47-3)19-11-22(31(36,37)38)14-23(12-19)32(39,40)41)42(17-43)16-20-13-21(30(33,34)35)6-8-25(20)26-15-24(7-9-27(26)46-2)48-10-4-5-28(44)45/h6-9,11-15,17-18,29H,4-5,10,16H2,1-3H3,(H,44,45). The maximum Gasteiger partial charge on any atom is 0.416 e. The normalized spacial score (nSPS) is 13.6. The zero-order chi connectivity index (χ0) is 36.0. The van der Waals surface area contributed by atoms with Crippen LogP contribution in [0.25, 0.3) is 11.1 Å². The molecule has 1 N–H and O–H groups in total. The number of hydrogen-bond acceptors (Lipinski definition) is 5. The van der Waals surface area contributed by atoms with Crippen LogP contribution in [0.1, 0.15) is 53.7 Å². The molecule has 0 saturated carbocycles. The number of rotatable bonds is 14. The summed E-state index contributed by atoms with van der Waals surface area (Å²) in [5.41, 5.74) is -4.39. The van der Waals surface area contributed by atoms with Crippen molar-refractivity contribution in [3.05, 3.63) is 82.4 Å². The molecule has 0 fully saturated rings. The monoisotopic (exact) mass is 711 g/mol. The van der Waals surface area contributed by atoms with Crippen LogP contribution in [0.15, 0.2) is 59.5 Å². The Bertz CT molecular complexity index is 1560. The second kappa shape index (κ2) is 15.5. The van der Waals surface area contributed by atoms with Gasteiger partial charge < -0.3 is 19.5 Å². The minimum Gasteiger partial charge on any atom is -0.496 e. The first kappa shape index (κ1) is 38.5. The molecule has 1 amide bonds. The summed E-state index contributed by atoms with van der Waals surface area (Å²) in [6.07, 6.45) is -16.2. The zero-order valence-electron chi connectivity index (χ0n) is 25.6. The molecule has 0 bridgehead atoms. The number of nitrogens with zero attached hydrogens (tertiary/aromatic N) is 1. The molecule has 3 aromatic carbocycles. The van der Waals surface area contributed by atoms with Gasteiger partial charge in [-0.2, -0.15) is 39.5 Å². The Labute approximate surface area is 273 Å². The first-order chi connectivity index (χ1) is 22.3. The van der Waals surface area contributed by atoms with Crippen LogP contribution in [0.2, 0.25) is 0 Å². The van der Waals surface area contributed by atoms with E-state index in [-0.39, 0.29) is 35.8 Å². The lowest BCUT2D eigenvalue weighted by molar-refractivity contribution is -0.144. The summed E-state index contributed by atoms with van der Waals surface area (Å²) in [6, 6.07) is 7.21. The molecule has 0 aliphatic rings. The number of carboxylic acid groups (broad SMARTS) is 1. The number of carboxylic acids is 1. The zero-order valence-corrected chi connectivity index (χ0v) is 26.4. The molecule has 3 rings (SSSR count). The smallest absolute Gasteiger partial charge is 0.416 e. The van der Waals surface area contributed by atoms with E-state index in [1.807, 2.05) is 0 Å². The number of carbonyl (C=O) groups excluding carboxylic acids is 1. The van der Waals surface area contributed by atoms with E-state index < -0.39 is 65.4 Å². The topological polar surface area (TPSA) is 76.1 Å². The third-order valence-electron chi connectivity index (χ3n) is 7.34. The van der Waals surface area contributed by atoms with Crippen molar-refractivity contribution in [1.82, 2.24) is 4.90 Å². The fraction of sp³-hybridized carbons (Fsp3) is 0.375. The summed E-state index contributed by atoms with van der Waals surface area (Å²) in [6.45, 7) is 0.715. The third kappa shape index (κ3) is 9.81. The molecule has 48 heavy (non-hydrogen) atoms. The minimum atomic E-state index is -5.16. The molecule has 0 saturated heterocycles. The minimum absolute atomic E-state index is 0.0563. The van der Waals surface area contributed by atoms with E-state index in [1.165, 1.54) is 31.9 Å². The van der Waals surface area contributed by atoms with Crippen molar-refractivity contribution < 1.29 is 63.7 Å². The van der Waals surface area contributed by atoms with Gasteiger partial charge >= 0.3 is 24.5 Å². The first-order valence-electron chi connectivity index (χ1n) is 14.1. The average molecular weight is 712 g/mol. The van der Waals surface area contributed by atoms with Crippen molar-refractivity contribution in [2.45, 2.75) is 61.9 Å². The van der Waals surface area contributed by atoms with Crippen LogP contribution in [0.3, 0.4) is 0 Å². The molecule has 16 heteroatoms. The van der Waals surface area contributed by atoms with Crippen LogP contribution in [-0.4, -0.2) is 48.4 Å². The van der Waals surface area contributed by atoms with Gasteiger partial charge in [-0.05, 0) is 84.3 Å². The number of hydrogen-bond donors (Lipinski definition) is 1. The second-order valence-electron chi connectivity index (χ2n) is 10.6. The highest BCUT2D eigenvalue weighted by Crippen LogP contribution is 2.41. The number of amides is 1. The number of alkyl halides is 9. The van der Waals surface area contributed by atoms with Crippen molar-refractivity contribution in [3.8, 4) is 16.9 Å². The molecule has 2 atom stereocenters. The Hall–Kier alpha value is -3.92. The van der Waals surface area contributed by atoms with Gasteiger partial charge in [-0.3, -0.25) is 9.59 Å². The van der Waals surface area contributed by atoms with Crippen molar-refractivity contribution >= 4 is 24.1 Å². The van der Waals surface area contributed by atoms with Gasteiger partial charge in [-0.25, -0.2) is 0 Å². The molecule has 262 valence electrons. The summed E-state index contributed by atoms with van der Waals surface area (Å²) >= 11 is 1.29. The van der Waals surface area contributed by atoms with Gasteiger partial charge in [-0.15, -0.1) is 11.8 Å². The Kier molecular flexibility index (Phi) is 12.5. The van der Waals surface area contributed by atoms with Gasteiger partial charge in [-0.1, -0.05) is 6.07 Å². The number of halogens is 9. The summed E-state index contributed by atoms with van der Waals surface area (Å²) < 4.78 is 134. The molecule has 0 radical (unpaired) electrons. The Morgan fingerprint density at radius 1 is 0.854 bits per heavy atom. The lowest BCUT2D eigenvalue weighted by atomic mass is 9.94. The number of ether oxygens (including phenoxy) is 2. The number of aliphatic carboxylic acids is 1. The molecular formula is C32H30F9NO5S. The van der Waals surface area contributed by atoms with Gasteiger partial charge in [0, 0.05) is 30.5 Å². The molecule has 0 aromatic heterocycles. The quantitative estimate of drug-likeness (QED) is 0.0779. The number of carbonyl (C=O) groups is 2. The van der Waals surface area contributed by atoms with Crippen LogP contribution < -0.4 is 4.74 Å². The molecule has 0 aliphatic heterocycles. The number of thioether (sulfide) groups is 1. The van der Waals surface area contributed by atoms with Gasteiger partial charge in [0.1, 0.15) is 11.9 Å². The fourth-order valence-corrected chi connectivity index (χ4v) is 5.86. The van der Waals surface area contributed by atoms with Crippen LogP contribution in [0.4, 0.5) is 39.5 Å². The predicted octanol–water partition coefficient (Wildman–Crippen LogP) is 9.11. The molecule has 0 heterocycles. The summed E-state index contributed by atoms with van der Waals surface area (Å²) in [7, 11) is 2.34. The van der Waals surface area contributed by atoms with Gasteiger partial charge in [0.15, 0.2) is 0 Å². The SMILES string of the molecule is COc1ccc(SCCCC(=O)O)cc1-c1ccc(C(F)(F)F)cc1CN(C=O)C(C)C(OC)c1cc(C(F)(F)F)cc(C(F)(F)F)c1. The fourth-order valence-electron chi connectivity index (χ4n) is 4.97. The third-order valence-corrected chi connectivity index (χ3v) is 8.42. The van der Waals surface area contributed by atoms with Crippen LogP contribution in [0.5, 0.6) is 5.75 Å². The highest BCUT2D eigenvalue weighted by Gasteiger charge is 2.39. The first-order valence-corrected chi connectivity index (χ1v) is 15.0. The molecule has 0 aliphatic carbocycles. The van der Waals surface area contributed by atoms with Gasteiger partial charge in [0.25, 0.3) is 0 Å². The lowest BCUT2D eigenvalue weighted by Crippen LogP contribution is -2.37. The van der Waals surface area contributed by atoms with E-state index in [0.29, 0.717) is 34.8 Å². The molecule has 0 spiro atoms. The van der Waals surface area contributed by atoms with Crippen LogP contribution >= 0.6 is 11.8 Å². The second-order valence-corrected chi connectivity index (χ2v) is 11.8. The maximum atomic E-state index is 13.8. The van der Waals surface area contributed by atoms with E-state index in [0.717, 1.165) is 24.1 Å². The molecule has 3 aromatic rings. The molecule has 6 nitrogen and oxygen atoms in total. The van der Waals surface area contributed by atoms with Gasteiger partial charge in [0.05, 0.1) is 29.8 Å². The average Bonchev–Trinajstić information content (AvgIpc) is 3.00. The van der Waals surface area contributed by atoms with E-state index in [9.17, 15) is 49.1 Å². The predicted molar refractivity (Wildman–Crippen MR) is 158 cm³/mol. The van der Waals surface area contributed by atoms with Crippen LogP contribution in [0, 0.1) is 0 Å². The van der Waals surface area contributed by atoms with Crippen LogP contribution in [-0.2, 0) is 39.4 Å². The van der Waals surface area contributed by atoms with E-state index in [1.54, 1.807) is 18.2 Å². The van der Waals surface area contributed by atoms with E-state index >= 15 is 0 Å². The number of benzene rings is 3. The summed E-state index contributed by atoms with van der Waals surface area (Å²) in [5, 5.41) is 8.88. The molecular weight excluding hydrogens is 681 g/mol. The Balaban J connectivity index is 2.10. The lowest BCUT2D eigenvalue weighted by Gasteiger charge is -2.33. The number of methoxy groups -OCH3 is 2. The maximum absolute atomic E-state index is 13.8. The summed E-state index contributed by atoms with van der Waals surface area (Å²) in [4.78, 5) is 24.8. The van der Waals surface area contributed by atoms with Crippen molar-refractivity contribution in [1.29, 1.82) is 0 Å². The highest BCUT2D eigenvalue weighted by atomic mass is 32.2. The largest absolute Gasteiger partial charge is 0.496 e. The van der Waals surface area contributed by atoms with Crippen molar-refractivity contribution in [3.63, 3.8) is 0 Å². The van der Waals surface area contributed by atoms with Gasteiger partial charge in [0.2, 0.25) is 6.41 Å². The highest BCUT2D eigenvalue weighted by molar-refractivity contribution is 7.99. The Morgan fingerprint density at radius 3 is 1.96 bits per heavy atom. The molecule has 2 unspecified atom stereocenters. The van der Waals surface area contributed by atoms with Crippen molar-refractivity contribution in [2.24, 2.45) is 0 Å². The van der Waals surface area contributed by atoms with Crippen molar-refractivity contribution in [2.75, 3.05) is 20.0 Å².